The summed E-state index contributed by atoms with van der Waals surface area (Å²) < 4.78 is 14.6. The first kappa shape index (κ1) is 25.8. The van der Waals surface area contributed by atoms with Crippen molar-refractivity contribution in [2.45, 2.75) is 31.0 Å². The molecule has 2 saturated heterocycles. The number of carbonyl (C=O) groups excluding carboxylic acids is 4. The van der Waals surface area contributed by atoms with Gasteiger partial charge in [0, 0.05) is 28.6 Å². The fraction of sp³-hybridized carbons (Fsp3) is 0.241. The van der Waals surface area contributed by atoms with Gasteiger partial charge in [-0.2, -0.15) is 0 Å². The zero-order chi connectivity index (χ0) is 26.8. The Hall–Kier alpha value is -3.85. The van der Waals surface area contributed by atoms with Gasteiger partial charge in [0.2, 0.25) is 5.91 Å². The Balaban J connectivity index is 1.39. The molecule has 1 N–H and O–H groups in total. The summed E-state index contributed by atoms with van der Waals surface area (Å²) in [4.78, 5) is 56.2. The van der Waals surface area contributed by atoms with Gasteiger partial charge in [0.15, 0.2) is 5.78 Å². The number of fused-ring (bicyclic) bond motifs is 1. The van der Waals surface area contributed by atoms with Crippen molar-refractivity contribution in [1.82, 2.24) is 15.1 Å². The molecule has 0 aliphatic carbocycles. The highest BCUT2D eigenvalue weighted by Gasteiger charge is 2.52. The van der Waals surface area contributed by atoms with Gasteiger partial charge in [0.05, 0.1) is 12.6 Å². The average molecular weight is 578 g/mol. The molecule has 0 bridgehead atoms. The molecule has 2 aliphatic heterocycles. The third-order valence-electron chi connectivity index (χ3n) is 7.01. The Morgan fingerprint density at radius 2 is 1.68 bits per heavy atom. The van der Waals surface area contributed by atoms with Crippen molar-refractivity contribution in [2.24, 2.45) is 0 Å². The first-order valence-electron chi connectivity index (χ1n) is 12.3. The summed E-state index contributed by atoms with van der Waals surface area (Å²) in [6, 6.07) is 19.1. The van der Waals surface area contributed by atoms with E-state index in [0.29, 0.717) is 27.6 Å². The number of carbonyl (C=O) groups is 4. The molecule has 0 saturated carbocycles. The van der Waals surface area contributed by atoms with Crippen molar-refractivity contribution >= 4 is 39.4 Å². The van der Waals surface area contributed by atoms with Crippen molar-refractivity contribution in [3.05, 3.63) is 106 Å². The highest BCUT2D eigenvalue weighted by molar-refractivity contribution is 9.10. The molecule has 9 heteroatoms. The summed E-state index contributed by atoms with van der Waals surface area (Å²) >= 11 is 3.35. The van der Waals surface area contributed by atoms with Crippen molar-refractivity contribution in [3.8, 4) is 0 Å². The Labute approximate surface area is 227 Å². The largest absolute Gasteiger partial charge is 0.340 e. The Kier molecular flexibility index (Phi) is 7.37. The number of benzene rings is 3. The van der Waals surface area contributed by atoms with Crippen LogP contribution in [-0.4, -0.2) is 64.5 Å². The molecular weight excluding hydrogens is 553 g/mol. The van der Waals surface area contributed by atoms with Gasteiger partial charge in [0.1, 0.15) is 17.9 Å². The van der Waals surface area contributed by atoms with Gasteiger partial charge in [-0.3, -0.25) is 19.2 Å². The molecule has 3 atom stereocenters. The normalized spacial score (nSPS) is 19.3. The van der Waals surface area contributed by atoms with E-state index in [9.17, 15) is 23.6 Å². The van der Waals surface area contributed by atoms with Crippen LogP contribution < -0.4 is 5.32 Å². The van der Waals surface area contributed by atoms with Crippen LogP contribution in [0.15, 0.2) is 83.3 Å². The molecule has 7 nitrogen and oxygen atoms in total. The van der Waals surface area contributed by atoms with E-state index < -0.39 is 35.8 Å². The predicted octanol–water partition coefficient (Wildman–Crippen LogP) is 3.62. The van der Waals surface area contributed by atoms with Gasteiger partial charge in [-0.25, -0.2) is 4.39 Å². The second-order valence-electron chi connectivity index (χ2n) is 9.47. The highest BCUT2D eigenvalue weighted by Crippen LogP contribution is 2.31. The van der Waals surface area contributed by atoms with E-state index in [-0.39, 0.29) is 31.2 Å². The molecular formula is C29H25BrFN3O4. The van der Waals surface area contributed by atoms with Crippen LogP contribution in [0.25, 0.3) is 0 Å². The van der Waals surface area contributed by atoms with Crippen LogP contribution in [0.4, 0.5) is 4.39 Å². The van der Waals surface area contributed by atoms with Crippen LogP contribution in [-0.2, 0) is 16.0 Å². The van der Waals surface area contributed by atoms with Gasteiger partial charge in [-0.05, 0) is 54.4 Å². The van der Waals surface area contributed by atoms with E-state index in [1.54, 1.807) is 60.7 Å². The van der Waals surface area contributed by atoms with Gasteiger partial charge < -0.3 is 15.1 Å². The van der Waals surface area contributed by atoms with Crippen molar-refractivity contribution in [1.29, 1.82) is 0 Å². The van der Waals surface area contributed by atoms with Crippen LogP contribution in [0.3, 0.4) is 0 Å². The molecule has 2 heterocycles. The molecule has 0 radical (unpaired) electrons. The number of rotatable bonds is 6. The van der Waals surface area contributed by atoms with Gasteiger partial charge in [-0.15, -0.1) is 0 Å². The molecule has 3 amide bonds. The summed E-state index contributed by atoms with van der Waals surface area (Å²) in [5.74, 6) is -1.81. The minimum absolute atomic E-state index is 0.0467. The number of amides is 3. The minimum atomic E-state index is -1.03. The summed E-state index contributed by atoms with van der Waals surface area (Å²) in [6.45, 7) is 0.191. The standard InChI is InChI=1S/C29H25BrFN3O4/c30-21-10-5-9-20(16-21)27(36)32-23(15-18-6-4-11-22(31)14-18)29(38)33-13-12-24-26(33)25(35)17-34(24)28(37)19-7-2-1-3-8-19/h1-11,14,16,23-24,26H,12-13,15,17H2,(H,32,36). The fourth-order valence-electron chi connectivity index (χ4n) is 5.26. The van der Waals surface area contributed by atoms with Crippen molar-refractivity contribution in [3.63, 3.8) is 0 Å². The van der Waals surface area contributed by atoms with Gasteiger partial charge >= 0.3 is 0 Å². The van der Waals surface area contributed by atoms with E-state index in [1.807, 2.05) is 6.07 Å². The lowest BCUT2D eigenvalue weighted by molar-refractivity contribution is -0.138. The van der Waals surface area contributed by atoms with E-state index in [4.69, 9.17) is 0 Å². The maximum absolute atomic E-state index is 13.9. The van der Waals surface area contributed by atoms with Gasteiger partial charge in [0.25, 0.3) is 11.8 Å². The van der Waals surface area contributed by atoms with Crippen LogP contribution in [0, 0.1) is 5.82 Å². The van der Waals surface area contributed by atoms with Crippen LogP contribution in [0.1, 0.15) is 32.7 Å². The fourth-order valence-corrected chi connectivity index (χ4v) is 5.66. The maximum Gasteiger partial charge on any atom is 0.254 e. The zero-order valence-corrected chi connectivity index (χ0v) is 21.9. The van der Waals surface area contributed by atoms with E-state index in [2.05, 4.69) is 21.2 Å². The van der Waals surface area contributed by atoms with Crippen molar-refractivity contribution in [2.75, 3.05) is 13.1 Å². The second-order valence-corrected chi connectivity index (χ2v) is 10.4. The summed E-state index contributed by atoms with van der Waals surface area (Å²) in [5.41, 5.74) is 1.37. The molecule has 194 valence electrons. The molecule has 2 aliphatic rings. The summed E-state index contributed by atoms with van der Waals surface area (Å²) in [6.07, 6.45) is 0.498. The Bertz CT molecular complexity index is 1400. The topological polar surface area (TPSA) is 86.8 Å². The number of halogens is 2. The van der Waals surface area contributed by atoms with E-state index >= 15 is 0 Å². The molecule has 0 spiro atoms. The molecule has 5 rings (SSSR count). The maximum atomic E-state index is 13.9. The van der Waals surface area contributed by atoms with Gasteiger partial charge in [-0.1, -0.05) is 52.3 Å². The lowest BCUT2D eigenvalue weighted by atomic mass is 10.0. The number of nitrogens with one attached hydrogen (secondary N) is 1. The number of Topliss-reactive ketones (excluding diaryl/α,β-unsaturated/α-hetero) is 1. The van der Waals surface area contributed by atoms with E-state index in [1.165, 1.54) is 21.9 Å². The number of ketones is 1. The predicted molar refractivity (Wildman–Crippen MR) is 142 cm³/mol. The number of likely N-dealkylation sites (tertiary alicyclic amines) is 2. The molecule has 3 aromatic rings. The number of nitrogens with zero attached hydrogens (tertiary/aromatic N) is 2. The summed E-state index contributed by atoms with van der Waals surface area (Å²) in [5, 5.41) is 2.79. The minimum Gasteiger partial charge on any atom is -0.340 e. The first-order valence-corrected chi connectivity index (χ1v) is 13.1. The summed E-state index contributed by atoms with van der Waals surface area (Å²) in [7, 11) is 0. The van der Waals surface area contributed by atoms with Crippen LogP contribution >= 0.6 is 15.9 Å². The third kappa shape index (κ3) is 5.24. The monoisotopic (exact) mass is 577 g/mol. The molecule has 0 aromatic heterocycles. The Morgan fingerprint density at radius 1 is 0.947 bits per heavy atom. The second kappa shape index (κ2) is 10.9. The number of hydrogen-bond donors (Lipinski definition) is 1. The van der Waals surface area contributed by atoms with Crippen molar-refractivity contribution < 1.29 is 23.6 Å². The molecule has 3 unspecified atom stereocenters. The molecule has 3 aromatic carbocycles. The lowest BCUT2D eigenvalue weighted by Crippen LogP contribution is -2.53. The lowest BCUT2D eigenvalue weighted by Gasteiger charge is -2.28. The smallest absolute Gasteiger partial charge is 0.254 e. The van der Waals surface area contributed by atoms with Crippen LogP contribution in [0.5, 0.6) is 0 Å². The highest BCUT2D eigenvalue weighted by atomic mass is 79.9. The number of hydrogen-bond acceptors (Lipinski definition) is 4. The third-order valence-corrected chi connectivity index (χ3v) is 7.50. The Morgan fingerprint density at radius 3 is 2.42 bits per heavy atom. The first-order chi connectivity index (χ1) is 18.3. The SMILES string of the molecule is O=C(NC(Cc1cccc(F)c1)C(=O)N1CCC2C1C(=O)CN2C(=O)c1ccccc1)c1cccc(Br)c1. The zero-order valence-electron chi connectivity index (χ0n) is 20.3. The van der Waals surface area contributed by atoms with Crippen LogP contribution in [0.2, 0.25) is 0 Å². The molecule has 2 fully saturated rings. The quantitative estimate of drug-likeness (QED) is 0.485. The molecule has 38 heavy (non-hydrogen) atoms. The van der Waals surface area contributed by atoms with E-state index in [0.717, 1.165) is 0 Å². The average Bonchev–Trinajstić information content (AvgIpc) is 3.49.